The Balaban J connectivity index is 1.52. The molecule has 8 nitrogen and oxygen atoms in total. The third kappa shape index (κ3) is 5.90. The first-order valence-electron chi connectivity index (χ1n) is 11.2. The van der Waals surface area contributed by atoms with Crippen LogP contribution in [0.25, 0.3) is 0 Å². The van der Waals surface area contributed by atoms with Crippen LogP contribution in [-0.2, 0) is 14.4 Å². The summed E-state index contributed by atoms with van der Waals surface area (Å²) in [5.74, 6) is -0.473. The minimum absolute atomic E-state index is 0.248. The Bertz CT molecular complexity index is 1280. The average Bonchev–Trinajstić information content (AvgIpc) is 2.85. The molecule has 3 amide bonds. The zero-order valence-electron chi connectivity index (χ0n) is 19.3. The topological polar surface area (TPSA) is 97.0 Å². The van der Waals surface area contributed by atoms with Gasteiger partial charge in [0, 0.05) is 10.7 Å². The van der Waals surface area contributed by atoms with E-state index < -0.39 is 30.4 Å². The summed E-state index contributed by atoms with van der Waals surface area (Å²) in [7, 11) is 0. The van der Waals surface area contributed by atoms with Crippen LogP contribution in [0.5, 0.6) is 11.5 Å². The zero-order valence-corrected chi connectivity index (χ0v) is 20.8. The van der Waals surface area contributed by atoms with Gasteiger partial charge in [-0.15, -0.1) is 0 Å². The normalized spacial score (nSPS) is 14.5. The summed E-state index contributed by atoms with van der Waals surface area (Å²) in [4.78, 5) is 40.4. The lowest BCUT2D eigenvalue weighted by atomic mass is 10.0. The van der Waals surface area contributed by atoms with Gasteiger partial charge in [0.05, 0.1) is 29.4 Å². The molecule has 186 valence electrons. The molecule has 10 heteroatoms. The van der Waals surface area contributed by atoms with Gasteiger partial charge in [0.25, 0.3) is 5.91 Å². The van der Waals surface area contributed by atoms with Gasteiger partial charge in [-0.1, -0.05) is 35.3 Å². The molecule has 0 fully saturated rings. The van der Waals surface area contributed by atoms with Crippen LogP contribution >= 0.6 is 23.2 Å². The first kappa shape index (κ1) is 25.3. The summed E-state index contributed by atoms with van der Waals surface area (Å²) in [5, 5.41) is 6.21. The van der Waals surface area contributed by atoms with Crippen molar-refractivity contribution in [3.8, 4) is 11.5 Å². The molecule has 3 aromatic rings. The van der Waals surface area contributed by atoms with E-state index in [1.54, 1.807) is 60.7 Å². The van der Waals surface area contributed by atoms with Crippen LogP contribution in [0.3, 0.4) is 0 Å². The second-order valence-corrected chi connectivity index (χ2v) is 8.70. The van der Waals surface area contributed by atoms with Gasteiger partial charge in [-0.25, -0.2) is 0 Å². The van der Waals surface area contributed by atoms with E-state index in [-0.39, 0.29) is 17.2 Å². The molecule has 3 aromatic carbocycles. The van der Waals surface area contributed by atoms with Crippen molar-refractivity contribution in [2.45, 2.75) is 19.4 Å². The summed E-state index contributed by atoms with van der Waals surface area (Å²) in [5.41, 5.74) is 1.47. The summed E-state index contributed by atoms with van der Waals surface area (Å²) < 4.78 is 11.0. The zero-order chi connectivity index (χ0) is 25.7. The summed E-state index contributed by atoms with van der Waals surface area (Å²) in [6.07, 6.45) is -0.263. The van der Waals surface area contributed by atoms with Gasteiger partial charge in [0.1, 0.15) is 17.5 Å². The number of amides is 3. The molecule has 1 heterocycles. The van der Waals surface area contributed by atoms with Crippen molar-refractivity contribution in [1.82, 2.24) is 0 Å². The van der Waals surface area contributed by atoms with Gasteiger partial charge in [0.15, 0.2) is 6.61 Å². The molecule has 1 aliphatic heterocycles. The lowest BCUT2D eigenvalue weighted by Crippen LogP contribution is -2.53. The molecule has 0 radical (unpaired) electrons. The Kier molecular flexibility index (Phi) is 7.97. The summed E-state index contributed by atoms with van der Waals surface area (Å²) in [6.45, 7) is 2.01. The Morgan fingerprint density at radius 2 is 1.78 bits per heavy atom. The number of nitrogens with one attached hydrogen (secondary N) is 2. The number of ether oxygens (including phenoxy) is 2. The predicted molar refractivity (Wildman–Crippen MR) is 139 cm³/mol. The smallest absolute Gasteiger partial charge is 0.265 e. The minimum Gasteiger partial charge on any atom is -0.494 e. The van der Waals surface area contributed by atoms with Gasteiger partial charge in [-0.05, 0) is 61.5 Å². The molecular formula is C26H23Cl2N3O5. The first-order valence-corrected chi connectivity index (χ1v) is 11.9. The Morgan fingerprint density at radius 1 is 1.03 bits per heavy atom. The number of hydrogen-bond donors (Lipinski definition) is 2. The van der Waals surface area contributed by atoms with Gasteiger partial charge in [-0.2, -0.15) is 0 Å². The lowest BCUT2D eigenvalue weighted by Gasteiger charge is -2.36. The van der Waals surface area contributed by atoms with Crippen LogP contribution in [0.15, 0.2) is 66.7 Å². The Morgan fingerprint density at radius 3 is 2.50 bits per heavy atom. The fraction of sp³-hybridized carbons (Fsp3) is 0.192. The maximum atomic E-state index is 13.3. The number of fused-ring (bicyclic) bond motifs is 1. The number of nitrogens with zero attached hydrogens (tertiary/aromatic N) is 1. The standard InChI is InChI=1S/C26H23Cl2N3O5/c1-2-35-18-10-8-17(9-11-18)29-24(32)14-22-26(34)30-20-5-3-4-6-21(20)31(22)25(33)15-36-23-12-7-16(27)13-19(23)28/h3-13,22H,2,14-15H2,1H3,(H,29,32)(H,30,34)/t22-/m0/s1. The van der Waals surface area contributed by atoms with E-state index in [2.05, 4.69) is 10.6 Å². The molecule has 36 heavy (non-hydrogen) atoms. The van der Waals surface area contributed by atoms with Crippen LogP contribution < -0.4 is 25.0 Å². The molecule has 0 spiro atoms. The third-order valence-electron chi connectivity index (χ3n) is 5.38. The highest BCUT2D eigenvalue weighted by molar-refractivity contribution is 6.35. The maximum absolute atomic E-state index is 13.3. The van der Waals surface area contributed by atoms with Crippen molar-refractivity contribution in [2.75, 3.05) is 28.7 Å². The molecular weight excluding hydrogens is 505 g/mol. The molecule has 0 unspecified atom stereocenters. The number of anilines is 3. The van der Waals surface area contributed by atoms with E-state index in [0.717, 1.165) is 0 Å². The fourth-order valence-corrected chi connectivity index (χ4v) is 4.24. The van der Waals surface area contributed by atoms with Crippen molar-refractivity contribution < 1.29 is 23.9 Å². The van der Waals surface area contributed by atoms with Crippen molar-refractivity contribution >= 4 is 58.0 Å². The van der Waals surface area contributed by atoms with Crippen molar-refractivity contribution in [3.63, 3.8) is 0 Å². The molecule has 4 rings (SSSR count). The quantitative estimate of drug-likeness (QED) is 0.422. The number of rotatable bonds is 8. The molecule has 0 bridgehead atoms. The van der Waals surface area contributed by atoms with Crippen LogP contribution in [0.1, 0.15) is 13.3 Å². The highest BCUT2D eigenvalue weighted by atomic mass is 35.5. The van der Waals surface area contributed by atoms with E-state index >= 15 is 0 Å². The number of benzene rings is 3. The van der Waals surface area contributed by atoms with Crippen LogP contribution in [-0.4, -0.2) is 37.0 Å². The van der Waals surface area contributed by atoms with Gasteiger partial charge in [0.2, 0.25) is 11.8 Å². The van der Waals surface area contributed by atoms with E-state index in [1.165, 1.54) is 11.0 Å². The third-order valence-corrected chi connectivity index (χ3v) is 5.91. The van der Waals surface area contributed by atoms with E-state index in [0.29, 0.717) is 34.4 Å². The Hall–Kier alpha value is -3.75. The molecule has 1 atom stereocenters. The number of hydrogen-bond acceptors (Lipinski definition) is 5. The summed E-state index contributed by atoms with van der Waals surface area (Å²) in [6, 6.07) is 17.3. The average molecular weight is 528 g/mol. The second kappa shape index (κ2) is 11.3. The van der Waals surface area contributed by atoms with Crippen molar-refractivity contribution in [2.24, 2.45) is 0 Å². The highest BCUT2D eigenvalue weighted by Gasteiger charge is 2.38. The highest BCUT2D eigenvalue weighted by Crippen LogP contribution is 2.34. The number of carbonyl (C=O) groups is 3. The van der Waals surface area contributed by atoms with Crippen LogP contribution in [0.2, 0.25) is 10.0 Å². The molecule has 2 N–H and O–H groups in total. The first-order chi connectivity index (χ1) is 17.4. The summed E-state index contributed by atoms with van der Waals surface area (Å²) >= 11 is 12.1. The molecule has 1 aliphatic rings. The van der Waals surface area contributed by atoms with Gasteiger partial charge in [-0.3, -0.25) is 19.3 Å². The molecule has 0 saturated carbocycles. The minimum atomic E-state index is -1.08. The predicted octanol–water partition coefficient (Wildman–Crippen LogP) is 5.15. The van der Waals surface area contributed by atoms with E-state index in [9.17, 15) is 14.4 Å². The molecule has 0 aliphatic carbocycles. The van der Waals surface area contributed by atoms with Crippen molar-refractivity contribution in [3.05, 3.63) is 76.8 Å². The van der Waals surface area contributed by atoms with Crippen molar-refractivity contribution in [1.29, 1.82) is 0 Å². The molecule has 0 saturated heterocycles. The number of para-hydroxylation sites is 2. The second-order valence-electron chi connectivity index (χ2n) is 7.86. The largest absolute Gasteiger partial charge is 0.494 e. The monoisotopic (exact) mass is 527 g/mol. The Labute approximate surface area is 218 Å². The fourth-order valence-electron chi connectivity index (χ4n) is 3.77. The SMILES string of the molecule is CCOc1ccc(NC(=O)C[C@H]2C(=O)Nc3ccccc3N2C(=O)COc2ccc(Cl)cc2Cl)cc1. The van der Waals surface area contributed by atoms with Gasteiger partial charge >= 0.3 is 0 Å². The van der Waals surface area contributed by atoms with Gasteiger partial charge < -0.3 is 20.1 Å². The van der Waals surface area contributed by atoms with E-state index in [4.69, 9.17) is 32.7 Å². The number of halogens is 2. The van der Waals surface area contributed by atoms with Crippen LogP contribution in [0, 0.1) is 0 Å². The number of carbonyl (C=O) groups excluding carboxylic acids is 3. The van der Waals surface area contributed by atoms with Crippen LogP contribution in [0.4, 0.5) is 17.1 Å². The lowest BCUT2D eigenvalue weighted by molar-refractivity contribution is -0.127. The maximum Gasteiger partial charge on any atom is 0.265 e. The molecule has 0 aromatic heterocycles. The van der Waals surface area contributed by atoms with E-state index in [1.807, 2.05) is 6.92 Å².